The number of rotatable bonds is 47. The van der Waals surface area contributed by atoms with Crippen LogP contribution in [0.5, 0.6) is 0 Å². The number of allylic oxidation sites excluding steroid dienone is 17. The van der Waals surface area contributed by atoms with Gasteiger partial charge in [-0.3, -0.25) is 14.4 Å². The van der Waals surface area contributed by atoms with Gasteiger partial charge < -0.3 is 39.0 Å². The van der Waals surface area contributed by atoms with Crippen molar-refractivity contribution in [1.82, 2.24) is 0 Å². The van der Waals surface area contributed by atoms with Gasteiger partial charge in [-0.05, 0) is 103 Å². The first-order valence-electron chi connectivity index (χ1n) is 28.9. The van der Waals surface area contributed by atoms with Crippen LogP contribution in [0.1, 0.15) is 213 Å². The molecule has 0 aliphatic carbocycles. The summed E-state index contributed by atoms with van der Waals surface area (Å²) in [6.07, 6.45) is 55.2. The lowest BCUT2D eigenvalue weighted by Crippen LogP contribution is -2.61. The number of carboxylic acids is 1. The third kappa shape index (κ3) is 40.3. The number of aliphatic carboxylic acids is 1. The molecule has 12 heteroatoms. The summed E-state index contributed by atoms with van der Waals surface area (Å²) < 4.78 is 28.2. The van der Waals surface area contributed by atoms with Crippen LogP contribution in [-0.2, 0) is 42.9 Å². The predicted molar refractivity (Wildman–Crippen MR) is 303 cm³/mol. The number of aliphatic hydroxyl groups excluding tert-OH is 2. The maximum atomic E-state index is 13.1. The minimum Gasteiger partial charge on any atom is -0.479 e. The van der Waals surface area contributed by atoms with Crippen molar-refractivity contribution >= 4 is 23.9 Å². The number of esters is 3. The van der Waals surface area contributed by atoms with Gasteiger partial charge in [0.15, 0.2) is 24.6 Å². The van der Waals surface area contributed by atoms with Gasteiger partial charge in [0.25, 0.3) is 0 Å². The maximum Gasteiger partial charge on any atom is 0.335 e. The van der Waals surface area contributed by atoms with Crippen molar-refractivity contribution in [2.24, 2.45) is 0 Å². The van der Waals surface area contributed by atoms with Crippen LogP contribution in [0.25, 0.3) is 0 Å². The van der Waals surface area contributed by atoms with E-state index >= 15 is 0 Å². The van der Waals surface area contributed by atoms with E-state index in [9.17, 15) is 34.5 Å². The quantitative estimate of drug-likeness (QED) is 0.0228. The van der Waals surface area contributed by atoms with Crippen LogP contribution in [0.4, 0.5) is 0 Å². The molecule has 6 atom stereocenters. The minimum absolute atomic E-state index is 0.0277. The summed E-state index contributed by atoms with van der Waals surface area (Å²) in [6, 6.07) is 0. The smallest absolute Gasteiger partial charge is 0.335 e. The van der Waals surface area contributed by atoms with Crippen molar-refractivity contribution in [3.63, 3.8) is 0 Å². The van der Waals surface area contributed by atoms with Crippen molar-refractivity contribution in [3.8, 4) is 0 Å². The number of carboxylic acid groups (broad SMARTS) is 1. The van der Waals surface area contributed by atoms with E-state index < -0.39 is 67.3 Å². The van der Waals surface area contributed by atoms with Crippen LogP contribution in [0, 0.1) is 0 Å². The molecule has 0 aromatic heterocycles. The first kappa shape index (κ1) is 68.4. The average molecular weight is 1050 g/mol. The summed E-state index contributed by atoms with van der Waals surface area (Å²) in [4.78, 5) is 51.0. The highest BCUT2D eigenvalue weighted by molar-refractivity contribution is 5.74. The second-order valence-corrected chi connectivity index (χ2v) is 19.2. The number of unbranched alkanes of at least 4 members (excludes halogenated alkanes) is 16. The molecular weight excluding hydrogens is 949 g/mol. The van der Waals surface area contributed by atoms with Crippen molar-refractivity contribution in [2.75, 3.05) is 13.2 Å². The highest BCUT2D eigenvalue weighted by Gasteiger charge is 2.50. The van der Waals surface area contributed by atoms with Gasteiger partial charge in [-0.15, -0.1) is 0 Å². The molecule has 1 rings (SSSR count). The van der Waals surface area contributed by atoms with Crippen LogP contribution in [0.15, 0.2) is 109 Å². The summed E-state index contributed by atoms with van der Waals surface area (Å²) >= 11 is 0. The van der Waals surface area contributed by atoms with Gasteiger partial charge in [0.05, 0.1) is 13.0 Å². The number of aliphatic hydroxyl groups is 2. The number of hydrogen-bond donors (Lipinski definition) is 3. The molecule has 1 heterocycles. The minimum atomic E-state index is -1.93. The van der Waals surface area contributed by atoms with E-state index in [4.69, 9.17) is 23.7 Å². The molecule has 0 spiro atoms. The molecule has 0 aromatic carbocycles. The van der Waals surface area contributed by atoms with Crippen molar-refractivity contribution in [1.29, 1.82) is 0 Å². The molecule has 0 saturated carbocycles. The van der Waals surface area contributed by atoms with Crippen LogP contribution in [-0.4, -0.2) is 89.2 Å². The Hall–Kier alpha value is -4.62. The molecule has 0 amide bonds. The van der Waals surface area contributed by atoms with E-state index in [0.717, 1.165) is 116 Å². The van der Waals surface area contributed by atoms with Gasteiger partial charge in [-0.1, -0.05) is 201 Å². The number of carbonyl (C=O) groups excluding carboxylic acids is 3. The number of carbonyl (C=O) groups is 4. The summed E-state index contributed by atoms with van der Waals surface area (Å²) in [6.45, 7) is 5.67. The van der Waals surface area contributed by atoms with Gasteiger partial charge >= 0.3 is 23.9 Å². The van der Waals surface area contributed by atoms with Gasteiger partial charge in [0.1, 0.15) is 18.8 Å². The Morgan fingerprint density at radius 2 is 0.907 bits per heavy atom. The molecule has 0 radical (unpaired) electrons. The van der Waals surface area contributed by atoms with Gasteiger partial charge in [0.2, 0.25) is 0 Å². The predicted octanol–water partition coefficient (Wildman–Crippen LogP) is 14.7. The molecule has 1 saturated heterocycles. The summed E-state index contributed by atoms with van der Waals surface area (Å²) in [5, 5.41) is 31.4. The van der Waals surface area contributed by atoms with Crippen molar-refractivity contribution in [2.45, 2.75) is 250 Å². The van der Waals surface area contributed by atoms with E-state index in [1.54, 1.807) is 6.08 Å². The van der Waals surface area contributed by atoms with E-state index in [0.29, 0.717) is 19.3 Å². The number of hydrogen-bond acceptors (Lipinski definition) is 11. The second kappa shape index (κ2) is 50.2. The van der Waals surface area contributed by atoms with Crippen molar-refractivity contribution < 1.29 is 58.2 Å². The summed E-state index contributed by atoms with van der Waals surface area (Å²) in [5.74, 6) is -3.33. The fourth-order valence-corrected chi connectivity index (χ4v) is 7.92. The molecule has 75 heavy (non-hydrogen) atoms. The second-order valence-electron chi connectivity index (χ2n) is 19.2. The number of ether oxygens (including phenoxy) is 5. The molecule has 12 nitrogen and oxygen atoms in total. The van der Waals surface area contributed by atoms with Gasteiger partial charge in [0, 0.05) is 12.8 Å². The first-order valence-corrected chi connectivity index (χ1v) is 28.9. The van der Waals surface area contributed by atoms with E-state index in [-0.39, 0.29) is 25.9 Å². The van der Waals surface area contributed by atoms with E-state index in [1.165, 1.54) is 38.5 Å². The fourth-order valence-electron chi connectivity index (χ4n) is 7.92. The van der Waals surface area contributed by atoms with Gasteiger partial charge in [-0.2, -0.15) is 0 Å². The highest BCUT2D eigenvalue weighted by atomic mass is 16.7. The Kier molecular flexibility index (Phi) is 45.8. The lowest BCUT2D eigenvalue weighted by Gasteiger charge is -2.40. The molecule has 3 N–H and O–H groups in total. The fraction of sp³-hybridized carbons (Fsp3) is 0.651. The van der Waals surface area contributed by atoms with Crippen LogP contribution in [0.2, 0.25) is 0 Å². The van der Waals surface area contributed by atoms with E-state index in [1.807, 2.05) is 18.2 Å². The third-order valence-electron chi connectivity index (χ3n) is 12.3. The summed E-state index contributed by atoms with van der Waals surface area (Å²) in [7, 11) is 0. The Balaban J connectivity index is 2.77. The molecule has 1 aliphatic rings. The normalized spacial score (nSPS) is 19.0. The lowest BCUT2D eigenvalue weighted by atomic mass is 9.98. The third-order valence-corrected chi connectivity index (χ3v) is 12.3. The summed E-state index contributed by atoms with van der Waals surface area (Å²) in [5.41, 5.74) is 0. The van der Waals surface area contributed by atoms with Crippen molar-refractivity contribution in [3.05, 3.63) is 109 Å². The molecule has 1 aliphatic heterocycles. The van der Waals surface area contributed by atoms with Crippen LogP contribution >= 0.6 is 0 Å². The largest absolute Gasteiger partial charge is 0.479 e. The zero-order valence-electron chi connectivity index (χ0n) is 46.5. The highest BCUT2D eigenvalue weighted by Crippen LogP contribution is 2.26. The van der Waals surface area contributed by atoms with Crippen LogP contribution < -0.4 is 0 Å². The monoisotopic (exact) mass is 1050 g/mol. The molecule has 1 fully saturated rings. The maximum absolute atomic E-state index is 13.1. The zero-order valence-corrected chi connectivity index (χ0v) is 46.5. The molecule has 424 valence electrons. The molecule has 0 bridgehead atoms. The Morgan fingerprint density at radius 3 is 1.40 bits per heavy atom. The van der Waals surface area contributed by atoms with Gasteiger partial charge in [-0.25, -0.2) is 4.79 Å². The molecular formula is C63H100O12. The Labute approximate surface area is 453 Å². The first-order chi connectivity index (χ1) is 36.6. The topological polar surface area (TPSA) is 175 Å². The standard InChI is InChI=1S/C63H100O12/c1-4-7-10-13-16-19-22-25-27-28-30-32-34-37-40-43-46-49-55(64)71-52-54(73-56(65)50-47-44-41-38-36-33-29-26-23-20-17-14-11-8-5-2)53-72-63-61(59(68)58(67)60(75-63)62(69)70)74-57(66)51-48-45-42-39-35-31-24-21-18-15-12-9-6-3/h8,11-12,15-17,19-21,24-27,29,36,38,44,47,54,58-61,63,67-68H,4-7,9-10,13-14,18,22-23,28,30-35,37,39-43,45-46,48-53H2,1-3H3,(H,69,70)/b11-8-,15-12-,19-16-,20-17-,24-21-,27-25-,29-26-,38-36-,47-44-. The molecule has 6 unspecified atom stereocenters. The van der Waals surface area contributed by atoms with E-state index in [2.05, 4.69) is 106 Å². The Morgan fingerprint density at radius 1 is 0.467 bits per heavy atom. The Bertz CT molecular complexity index is 1720. The SMILES string of the molecule is CC/C=C\C/C=C\C/C=C\C/C=C\C/C=C\CC(=O)OC(COC(=O)CCCCCCCCC/C=C\C/C=C\CCCCC)COC1OC(C(=O)O)C(O)C(O)C1OC(=O)CCCCCCC/C=C\C/C=C\CCC. The average Bonchev–Trinajstić information content (AvgIpc) is 3.39. The zero-order chi connectivity index (χ0) is 54.7. The van der Waals surface area contributed by atoms with Crippen LogP contribution in [0.3, 0.4) is 0 Å². The molecule has 0 aromatic rings. The lowest BCUT2D eigenvalue weighted by molar-refractivity contribution is -0.301.